The molecule has 0 atom stereocenters. The standard InChI is InChI=1S/C20H19ClN2O3S/c1-12(2)11-26-17-8-7-13(9-14(17)10-22)19(27)23-16-6-4-5-15(18(16)21)20(24)25-3/h4-9,12H,11H2,1-3H3,(H,23,27). The smallest absolute Gasteiger partial charge is 0.339 e. The molecule has 0 aliphatic carbocycles. The quantitative estimate of drug-likeness (QED) is 0.551. The molecule has 2 rings (SSSR count). The van der Waals surface area contributed by atoms with E-state index in [2.05, 4.69) is 11.4 Å². The summed E-state index contributed by atoms with van der Waals surface area (Å²) in [6.07, 6.45) is 0. The Hall–Kier alpha value is -2.62. The van der Waals surface area contributed by atoms with Gasteiger partial charge in [0, 0.05) is 5.56 Å². The molecule has 0 aromatic heterocycles. The Morgan fingerprint density at radius 2 is 2.07 bits per heavy atom. The van der Waals surface area contributed by atoms with Crippen LogP contribution in [0.3, 0.4) is 0 Å². The molecule has 0 aliphatic rings. The number of hydrogen-bond acceptors (Lipinski definition) is 5. The number of anilines is 1. The Bertz CT molecular complexity index is 907. The molecule has 140 valence electrons. The van der Waals surface area contributed by atoms with E-state index >= 15 is 0 Å². The summed E-state index contributed by atoms with van der Waals surface area (Å²) >= 11 is 11.7. The van der Waals surface area contributed by atoms with Crippen LogP contribution in [0.25, 0.3) is 0 Å². The van der Waals surface area contributed by atoms with Crippen LogP contribution in [-0.4, -0.2) is 24.7 Å². The van der Waals surface area contributed by atoms with Crippen molar-refractivity contribution in [1.29, 1.82) is 5.26 Å². The maximum absolute atomic E-state index is 11.8. The van der Waals surface area contributed by atoms with Crippen molar-refractivity contribution in [3.8, 4) is 11.8 Å². The van der Waals surface area contributed by atoms with Crippen LogP contribution >= 0.6 is 23.8 Å². The molecule has 0 spiro atoms. The molecule has 0 radical (unpaired) electrons. The van der Waals surface area contributed by atoms with Crippen LogP contribution < -0.4 is 10.1 Å². The lowest BCUT2D eigenvalue weighted by atomic mass is 10.1. The lowest BCUT2D eigenvalue weighted by Gasteiger charge is -2.14. The van der Waals surface area contributed by atoms with E-state index in [0.29, 0.717) is 40.1 Å². The van der Waals surface area contributed by atoms with Crippen molar-refractivity contribution in [2.45, 2.75) is 13.8 Å². The first kappa shape index (κ1) is 20.7. The van der Waals surface area contributed by atoms with E-state index in [1.165, 1.54) is 7.11 Å². The highest BCUT2D eigenvalue weighted by molar-refractivity contribution is 7.81. The van der Waals surface area contributed by atoms with E-state index in [0.717, 1.165) is 0 Å². The first-order chi connectivity index (χ1) is 12.9. The van der Waals surface area contributed by atoms with Gasteiger partial charge >= 0.3 is 5.97 Å². The fourth-order valence-corrected chi connectivity index (χ4v) is 2.72. The zero-order chi connectivity index (χ0) is 20.0. The maximum atomic E-state index is 11.8. The third-order valence-electron chi connectivity index (χ3n) is 3.59. The molecule has 0 unspecified atom stereocenters. The number of thiocarbonyl (C=S) groups is 1. The van der Waals surface area contributed by atoms with Crippen LogP contribution in [0.1, 0.15) is 35.3 Å². The normalized spacial score (nSPS) is 10.2. The van der Waals surface area contributed by atoms with Crippen molar-refractivity contribution in [2.24, 2.45) is 5.92 Å². The maximum Gasteiger partial charge on any atom is 0.339 e. The fraction of sp³-hybridized carbons (Fsp3) is 0.250. The number of halogens is 1. The summed E-state index contributed by atoms with van der Waals surface area (Å²) in [5.74, 6) is 0.333. The van der Waals surface area contributed by atoms with Gasteiger partial charge in [-0.1, -0.05) is 43.7 Å². The number of esters is 1. The molecular weight excluding hydrogens is 384 g/mol. The number of hydrogen-bond donors (Lipinski definition) is 1. The second-order valence-electron chi connectivity index (χ2n) is 6.14. The van der Waals surface area contributed by atoms with Crippen molar-refractivity contribution < 1.29 is 14.3 Å². The van der Waals surface area contributed by atoms with E-state index < -0.39 is 5.97 Å². The van der Waals surface area contributed by atoms with Crippen LogP contribution in [-0.2, 0) is 4.74 Å². The molecule has 0 saturated carbocycles. The zero-order valence-corrected chi connectivity index (χ0v) is 16.8. The summed E-state index contributed by atoms with van der Waals surface area (Å²) in [4.78, 5) is 12.1. The summed E-state index contributed by atoms with van der Waals surface area (Å²) in [6.45, 7) is 4.59. The average molecular weight is 403 g/mol. The Balaban J connectivity index is 2.24. The molecule has 0 heterocycles. The number of nitrogens with zero attached hydrogens (tertiary/aromatic N) is 1. The molecule has 0 saturated heterocycles. The number of carbonyl (C=O) groups excluding carboxylic acids is 1. The fourth-order valence-electron chi connectivity index (χ4n) is 2.23. The molecule has 5 nitrogen and oxygen atoms in total. The lowest BCUT2D eigenvalue weighted by molar-refractivity contribution is 0.0601. The predicted molar refractivity (Wildman–Crippen MR) is 110 cm³/mol. The summed E-state index contributed by atoms with van der Waals surface area (Å²) in [5.41, 5.74) is 1.75. The van der Waals surface area contributed by atoms with Crippen LogP contribution in [0.2, 0.25) is 5.02 Å². The highest BCUT2D eigenvalue weighted by Gasteiger charge is 2.15. The molecule has 2 aromatic rings. The van der Waals surface area contributed by atoms with Crippen LogP contribution in [0.15, 0.2) is 36.4 Å². The van der Waals surface area contributed by atoms with Crippen molar-refractivity contribution in [3.05, 3.63) is 58.1 Å². The van der Waals surface area contributed by atoms with Crippen LogP contribution in [0.5, 0.6) is 5.75 Å². The molecule has 0 aliphatic heterocycles. The van der Waals surface area contributed by atoms with Gasteiger partial charge in [-0.25, -0.2) is 4.79 Å². The third kappa shape index (κ3) is 5.19. The zero-order valence-electron chi connectivity index (χ0n) is 15.2. The number of rotatable bonds is 6. The van der Waals surface area contributed by atoms with Crippen molar-refractivity contribution in [3.63, 3.8) is 0 Å². The largest absolute Gasteiger partial charge is 0.492 e. The highest BCUT2D eigenvalue weighted by atomic mass is 35.5. The highest BCUT2D eigenvalue weighted by Crippen LogP contribution is 2.28. The topological polar surface area (TPSA) is 71.3 Å². The van der Waals surface area contributed by atoms with E-state index in [-0.39, 0.29) is 10.6 Å². The first-order valence-corrected chi connectivity index (χ1v) is 9.01. The van der Waals surface area contributed by atoms with E-state index in [1.807, 2.05) is 13.8 Å². The van der Waals surface area contributed by atoms with Gasteiger partial charge < -0.3 is 14.8 Å². The van der Waals surface area contributed by atoms with E-state index in [9.17, 15) is 10.1 Å². The van der Waals surface area contributed by atoms with E-state index in [1.54, 1.807) is 36.4 Å². The minimum atomic E-state index is -0.534. The van der Waals surface area contributed by atoms with Gasteiger partial charge in [-0.05, 0) is 36.2 Å². The number of methoxy groups -OCH3 is 1. The molecule has 0 fully saturated rings. The van der Waals surface area contributed by atoms with Gasteiger partial charge in [0.05, 0.1) is 35.6 Å². The molecule has 0 amide bonds. The van der Waals surface area contributed by atoms with Crippen LogP contribution in [0.4, 0.5) is 5.69 Å². The predicted octanol–water partition coefficient (Wildman–Crippen LogP) is 4.82. The summed E-state index contributed by atoms with van der Waals surface area (Å²) < 4.78 is 10.4. The second kappa shape index (κ2) is 9.36. The molecule has 27 heavy (non-hydrogen) atoms. The average Bonchev–Trinajstić information content (AvgIpc) is 2.67. The van der Waals surface area contributed by atoms with Gasteiger partial charge in [0.25, 0.3) is 0 Å². The molecule has 7 heteroatoms. The number of carbonyl (C=O) groups is 1. The monoisotopic (exact) mass is 402 g/mol. The van der Waals surface area contributed by atoms with Crippen molar-refractivity contribution in [2.75, 3.05) is 19.0 Å². The van der Waals surface area contributed by atoms with Gasteiger partial charge in [0.15, 0.2) is 0 Å². The molecule has 0 bridgehead atoms. The molecule has 1 N–H and O–H groups in total. The summed E-state index contributed by atoms with van der Waals surface area (Å²) in [5, 5.41) is 12.6. The second-order valence-corrected chi connectivity index (χ2v) is 6.93. The van der Waals surface area contributed by atoms with Gasteiger partial charge in [0.1, 0.15) is 16.8 Å². The van der Waals surface area contributed by atoms with Gasteiger partial charge in [-0.3, -0.25) is 0 Å². The third-order valence-corrected chi connectivity index (χ3v) is 4.33. The van der Waals surface area contributed by atoms with Gasteiger partial charge in [-0.15, -0.1) is 0 Å². The SMILES string of the molecule is COC(=O)c1cccc(NC(=S)c2ccc(OCC(C)C)c(C#N)c2)c1Cl. The van der Waals surface area contributed by atoms with Crippen molar-refractivity contribution in [1.82, 2.24) is 0 Å². The number of nitrogens with one attached hydrogen (secondary N) is 1. The Kier molecular flexibility index (Phi) is 7.17. The minimum Gasteiger partial charge on any atom is -0.492 e. The Morgan fingerprint density at radius 1 is 1.33 bits per heavy atom. The lowest BCUT2D eigenvalue weighted by Crippen LogP contribution is -2.13. The Labute approximate surface area is 168 Å². The molecular formula is C20H19ClN2O3S. The Morgan fingerprint density at radius 3 is 2.70 bits per heavy atom. The van der Waals surface area contributed by atoms with Gasteiger partial charge in [-0.2, -0.15) is 5.26 Å². The van der Waals surface area contributed by atoms with E-state index in [4.69, 9.17) is 33.3 Å². The van der Waals surface area contributed by atoms with Crippen molar-refractivity contribution >= 4 is 40.5 Å². The summed E-state index contributed by atoms with van der Waals surface area (Å²) in [7, 11) is 1.29. The molecule has 2 aromatic carbocycles. The summed E-state index contributed by atoms with van der Waals surface area (Å²) in [6, 6.07) is 12.2. The van der Waals surface area contributed by atoms with Crippen LogP contribution in [0, 0.1) is 17.2 Å². The minimum absolute atomic E-state index is 0.212. The number of ether oxygens (including phenoxy) is 2. The first-order valence-electron chi connectivity index (χ1n) is 8.22. The number of nitriles is 1. The number of benzene rings is 2. The van der Waals surface area contributed by atoms with Gasteiger partial charge in [0.2, 0.25) is 0 Å².